The molecule has 0 aliphatic heterocycles. The zero-order valence-electron chi connectivity index (χ0n) is 11.4. The lowest BCUT2D eigenvalue weighted by atomic mass is 9.97. The first-order valence-electron chi connectivity index (χ1n) is 6.19. The number of benzene rings is 2. The van der Waals surface area contributed by atoms with Gasteiger partial charge in [0.15, 0.2) is 5.78 Å². The van der Waals surface area contributed by atoms with Crippen molar-refractivity contribution in [2.45, 2.75) is 20.0 Å². The first-order valence-corrected chi connectivity index (χ1v) is 6.19. The average Bonchev–Trinajstić information content (AvgIpc) is 2.40. The summed E-state index contributed by atoms with van der Waals surface area (Å²) in [7, 11) is 0. The summed E-state index contributed by atoms with van der Waals surface area (Å²) in [6.45, 7) is 3.61. The van der Waals surface area contributed by atoms with Crippen molar-refractivity contribution in [1.82, 2.24) is 0 Å². The molecule has 0 saturated carbocycles. The molecule has 0 aliphatic carbocycles. The number of carbonyl (C=O) groups excluding carboxylic acids is 1. The van der Waals surface area contributed by atoms with Crippen LogP contribution in [0.2, 0.25) is 0 Å². The lowest BCUT2D eigenvalue weighted by Crippen LogP contribution is -2.13. The molecule has 0 aliphatic rings. The second-order valence-electron chi connectivity index (χ2n) is 4.79. The molecule has 0 N–H and O–H groups in total. The molecule has 21 heavy (non-hydrogen) atoms. The summed E-state index contributed by atoms with van der Waals surface area (Å²) in [4.78, 5) is 12.2. The zero-order valence-corrected chi connectivity index (χ0v) is 11.4. The Balaban J connectivity index is 2.51. The molecule has 2 aromatic carbocycles. The minimum absolute atomic E-state index is 0.163. The van der Waals surface area contributed by atoms with E-state index in [-0.39, 0.29) is 5.56 Å². The third-order valence-corrected chi connectivity index (χ3v) is 3.32. The quantitative estimate of drug-likeness (QED) is 0.580. The molecular weight excluding hydrogens is 284 g/mol. The van der Waals surface area contributed by atoms with Gasteiger partial charge in [-0.25, -0.2) is 4.39 Å². The summed E-state index contributed by atoms with van der Waals surface area (Å²) in [6, 6.07) is 7.39. The van der Waals surface area contributed by atoms with Crippen LogP contribution < -0.4 is 0 Å². The summed E-state index contributed by atoms with van der Waals surface area (Å²) in [5.74, 6) is -2.30. The van der Waals surface area contributed by atoms with E-state index in [9.17, 15) is 22.4 Å². The molecule has 0 amide bonds. The summed E-state index contributed by atoms with van der Waals surface area (Å²) >= 11 is 0. The van der Waals surface area contributed by atoms with E-state index in [4.69, 9.17) is 0 Å². The third kappa shape index (κ3) is 2.96. The molecule has 0 bridgehead atoms. The Morgan fingerprint density at radius 3 is 2.24 bits per heavy atom. The maximum absolute atomic E-state index is 13.9. The SMILES string of the molecule is Cc1ccc(C(=O)c2cccc(C(F)(F)F)c2F)cc1C. The van der Waals surface area contributed by atoms with Crippen LogP contribution >= 0.6 is 0 Å². The number of carbonyl (C=O) groups is 1. The van der Waals surface area contributed by atoms with E-state index in [1.165, 1.54) is 12.1 Å². The van der Waals surface area contributed by atoms with Crippen molar-refractivity contribution >= 4 is 5.78 Å². The van der Waals surface area contributed by atoms with E-state index >= 15 is 0 Å². The fraction of sp³-hybridized carbons (Fsp3) is 0.188. The maximum atomic E-state index is 13.9. The molecule has 0 radical (unpaired) electrons. The van der Waals surface area contributed by atoms with E-state index in [2.05, 4.69) is 0 Å². The fourth-order valence-electron chi connectivity index (χ4n) is 1.96. The molecule has 0 saturated heterocycles. The van der Waals surface area contributed by atoms with Crippen molar-refractivity contribution in [3.05, 3.63) is 70.0 Å². The van der Waals surface area contributed by atoms with Crippen LogP contribution in [0.3, 0.4) is 0 Å². The summed E-state index contributed by atoms with van der Waals surface area (Å²) in [5, 5.41) is 0. The molecule has 0 spiro atoms. The van der Waals surface area contributed by atoms with Gasteiger partial charge in [0.2, 0.25) is 0 Å². The van der Waals surface area contributed by atoms with E-state index in [1.807, 2.05) is 6.92 Å². The van der Waals surface area contributed by atoms with Crippen LogP contribution in [-0.2, 0) is 6.18 Å². The van der Waals surface area contributed by atoms with Crippen LogP contribution in [0.1, 0.15) is 32.6 Å². The van der Waals surface area contributed by atoms with Crippen molar-refractivity contribution in [2.24, 2.45) is 0 Å². The van der Waals surface area contributed by atoms with Crippen LogP contribution in [0.5, 0.6) is 0 Å². The van der Waals surface area contributed by atoms with Gasteiger partial charge in [-0.15, -0.1) is 0 Å². The van der Waals surface area contributed by atoms with Crippen LogP contribution in [0.25, 0.3) is 0 Å². The van der Waals surface area contributed by atoms with Gasteiger partial charge in [0.25, 0.3) is 0 Å². The van der Waals surface area contributed by atoms with Crippen LogP contribution in [0.15, 0.2) is 36.4 Å². The van der Waals surface area contributed by atoms with Crippen LogP contribution in [0.4, 0.5) is 17.6 Å². The van der Waals surface area contributed by atoms with Gasteiger partial charge in [-0.2, -0.15) is 13.2 Å². The predicted molar refractivity (Wildman–Crippen MR) is 70.8 cm³/mol. The van der Waals surface area contributed by atoms with Gasteiger partial charge < -0.3 is 0 Å². The van der Waals surface area contributed by atoms with Gasteiger partial charge >= 0.3 is 6.18 Å². The Hall–Kier alpha value is -2.17. The largest absolute Gasteiger partial charge is 0.419 e. The number of rotatable bonds is 2. The number of halogens is 4. The first-order chi connectivity index (χ1) is 9.71. The standard InChI is InChI=1S/C16H12F4O/c1-9-6-7-11(8-10(9)2)15(21)12-4-3-5-13(14(12)17)16(18,19)20/h3-8H,1-2H3. The minimum atomic E-state index is -4.83. The van der Waals surface area contributed by atoms with Crippen molar-refractivity contribution < 1.29 is 22.4 Å². The summed E-state index contributed by atoms with van der Waals surface area (Å²) < 4.78 is 51.9. The molecule has 2 aromatic rings. The second kappa shape index (κ2) is 5.31. The number of ketones is 1. The molecule has 0 heterocycles. The number of hydrogen-bond acceptors (Lipinski definition) is 1. The zero-order chi connectivity index (χ0) is 15.8. The van der Waals surface area contributed by atoms with E-state index in [1.54, 1.807) is 13.0 Å². The monoisotopic (exact) mass is 296 g/mol. The topological polar surface area (TPSA) is 17.1 Å². The van der Waals surface area contributed by atoms with Crippen LogP contribution in [-0.4, -0.2) is 5.78 Å². The Bertz CT molecular complexity index is 702. The third-order valence-electron chi connectivity index (χ3n) is 3.32. The van der Waals surface area contributed by atoms with Gasteiger partial charge in [-0.05, 0) is 43.2 Å². The lowest BCUT2D eigenvalue weighted by Gasteiger charge is -2.11. The number of alkyl halides is 3. The molecule has 2 rings (SSSR count). The molecule has 1 nitrogen and oxygen atoms in total. The van der Waals surface area contributed by atoms with Crippen molar-refractivity contribution in [2.75, 3.05) is 0 Å². The molecule has 0 aromatic heterocycles. The normalized spacial score (nSPS) is 11.5. The molecule has 110 valence electrons. The Labute approximate surface area is 119 Å². The average molecular weight is 296 g/mol. The molecule has 0 fully saturated rings. The predicted octanol–water partition coefficient (Wildman–Crippen LogP) is 4.69. The maximum Gasteiger partial charge on any atom is 0.419 e. The Morgan fingerprint density at radius 2 is 1.67 bits per heavy atom. The molecular formula is C16H12F4O. The van der Waals surface area contributed by atoms with Crippen molar-refractivity contribution in [1.29, 1.82) is 0 Å². The van der Waals surface area contributed by atoms with Crippen molar-refractivity contribution in [3.63, 3.8) is 0 Å². The Kier molecular flexibility index (Phi) is 3.85. The van der Waals surface area contributed by atoms with Gasteiger partial charge in [-0.3, -0.25) is 4.79 Å². The van der Waals surface area contributed by atoms with Crippen molar-refractivity contribution in [3.8, 4) is 0 Å². The van der Waals surface area contributed by atoms with Crippen LogP contribution in [0, 0.1) is 19.7 Å². The number of aryl methyl sites for hydroxylation is 2. The van der Waals surface area contributed by atoms with E-state index < -0.39 is 28.9 Å². The molecule has 5 heteroatoms. The van der Waals surface area contributed by atoms with Gasteiger partial charge in [0, 0.05) is 5.56 Å². The first kappa shape index (κ1) is 15.2. The van der Waals surface area contributed by atoms with Gasteiger partial charge in [0.05, 0.1) is 11.1 Å². The summed E-state index contributed by atoms with van der Waals surface area (Å²) in [6.07, 6.45) is -4.83. The molecule has 0 atom stereocenters. The summed E-state index contributed by atoms with van der Waals surface area (Å²) in [5.41, 5.74) is -0.0918. The van der Waals surface area contributed by atoms with Gasteiger partial charge in [-0.1, -0.05) is 18.2 Å². The highest BCUT2D eigenvalue weighted by Gasteiger charge is 2.35. The smallest absolute Gasteiger partial charge is 0.288 e. The number of hydrogen-bond donors (Lipinski definition) is 0. The fourth-order valence-corrected chi connectivity index (χ4v) is 1.96. The van der Waals surface area contributed by atoms with E-state index in [0.29, 0.717) is 6.07 Å². The van der Waals surface area contributed by atoms with E-state index in [0.717, 1.165) is 23.3 Å². The molecule has 0 unspecified atom stereocenters. The highest BCUT2D eigenvalue weighted by molar-refractivity contribution is 6.09. The lowest BCUT2D eigenvalue weighted by molar-refractivity contribution is -0.140. The Morgan fingerprint density at radius 1 is 1.00 bits per heavy atom. The highest BCUT2D eigenvalue weighted by Crippen LogP contribution is 2.33. The minimum Gasteiger partial charge on any atom is -0.288 e. The second-order valence-corrected chi connectivity index (χ2v) is 4.79. The highest BCUT2D eigenvalue weighted by atomic mass is 19.4. The van der Waals surface area contributed by atoms with Gasteiger partial charge in [0.1, 0.15) is 5.82 Å².